The number of thiazole rings is 1. The minimum Gasteiger partial charge on any atom is -0.456 e. The first-order chi connectivity index (χ1) is 13.9. The van der Waals surface area contributed by atoms with Crippen molar-refractivity contribution in [2.24, 2.45) is 0 Å². The summed E-state index contributed by atoms with van der Waals surface area (Å²) in [5, 5.41) is 9.14. The molecule has 0 aliphatic heterocycles. The van der Waals surface area contributed by atoms with Crippen LogP contribution in [0, 0.1) is 6.92 Å². The summed E-state index contributed by atoms with van der Waals surface area (Å²) in [6, 6.07) is 8.42. The molecular formula is C20H22ClN5O2S. The largest absolute Gasteiger partial charge is 0.456 e. The third kappa shape index (κ3) is 6.15. The van der Waals surface area contributed by atoms with E-state index in [4.69, 9.17) is 16.3 Å². The molecule has 29 heavy (non-hydrogen) atoms. The monoisotopic (exact) mass is 431 g/mol. The van der Waals surface area contributed by atoms with E-state index in [0.717, 1.165) is 17.4 Å². The van der Waals surface area contributed by atoms with Crippen LogP contribution in [0.2, 0.25) is 5.02 Å². The molecule has 0 saturated heterocycles. The molecule has 3 aromatic rings. The normalized spacial score (nSPS) is 10.8. The van der Waals surface area contributed by atoms with Crippen LogP contribution in [0.15, 0.2) is 41.9 Å². The molecule has 0 spiro atoms. The molecule has 0 aliphatic rings. The molecule has 0 saturated carbocycles. The first kappa shape index (κ1) is 21.0. The average molecular weight is 432 g/mol. The van der Waals surface area contributed by atoms with Gasteiger partial charge in [0.15, 0.2) is 5.13 Å². The Morgan fingerprint density at radius 2 is 2.10 bits per heavy atom. The van der Waals surface area contributed by atoms with Gasteiger partial charge in [0.05, 0.1) is 10.7 Å². The van der Waals surface area contributed by atoms with Gasteiger partial charge in [-0.15, -0.1) is 11.3 Å². The third-order valence-electron chi connectivity index (χ3n) is 3.85. The summed E-state index contributed by atoms with van der Waals surface area (Å²) >= 11 is 7.76. The van der Waals surface area contributed by atoms with E-state index in [9.17, 15) is 4.79 Å². The fraction of sp³-hybridized carbons (Fsp3) is 0.250. The minimum absolute atomic E-state index is 0.176. The zero-order chi connectivity index (χ0) is 20.8. The summed E-state index contributed by atoms with van der Waals surface area (Å²) in [5.74, 6) is 1.37. The molecule has 2 heterocycles. The van der Waals surface area contributed by atoms with Gasteiger partial charge in [0, 0.05) is 36.3 Å². The number of hydrogen-bond acceptors (Lipinski definition) is 7. The van der Waals surface area contributed by atoms with Gasteiger partial charge >= 0.3 is 0 Å². The number of halogens is 1. The molecule has 0 aliphatic carbocycles. The first-order valence-corrected chi connectivity index (χ1v) is 10.2. The molecule has 0 fully saturated rings. The van der Waals surface area contributed by atoms with Crippen molar-refractivity contribution in [3.8, 4) is 11.5 Å². The number of nitrogens with zero attached hydrogens (tertiary/aromatic N) is 3. The van der Waals surface area contributed by atoms with Crippen molar-refractivity contribution in [2.75, 3.05) is 32.5 Å². The highest BCUT2D eigenvalue weighted by molar-refractivity contribution is 7.13. The smallest absolute Gasteiger partial charge is 0.251 e. The number of anilines is 2. The van der Waals surface area contributed by atoms with E-state index < -0.39 is 0 Å². The Kier molecular flexibility index (Phi) is 7.03. The molecule has 0 radical (unpaired) electrons. The molecule has 152 valence electrons. The van der Waals surface area contributed by atoms with Gasteiger partial charge in [0.25, 0.3) is 5.91 Å². The lowest BCUT2D eigenvalue weighted by Gasteiger charge is -2.12. The van der Waals surface area contributed by atoms with Gasteiger partial charge in [0.1, 0.15) is 17.3 Å². The van der Waals surface area contributed by atoms with E-state index >= 15 is 0 Å². The van der Waals surface area contributed by atoms with Crippen molar-refractivity contribution in [3.63, 3.8) is 0 Å². The van der Waals surface area contributed by atoms with Crippen LogP contribution in [0.1, 0.15) is 16.1 Å². The number of carbonyl (C=O) groups excluding carboxylic acids is 1. The summed E-state index contributed by atoms with van der Waals surface area (Å²) in [4.78, 5) is 23.0. The van der Waals surface area contributed by atoms with Crippen molar-refractivity contribution in [3.05, 3.63) is 58.2 Å². The fourth-order valence-electron chi connectivity index (χ4n) is 2.41. The van der Waals surface area contributed by atoms with Crippen molar-refractivity contribution < 1.29 is 9.53 Å². The SMILES string of the molecule is Cc1csc(Nc2cc(Oc3cc(C(=O)NCCN(C)C)ccc3Cl)ccn2)n1. The van der Waals surface area contributed by atoms with E-state index in [2.05, 4.69) is 20.6 Å². The Balaban J connectivity index is 1.71. The lowest BCUT2D eigenvalue weighted by Crippen LogP contribution is -2.31. The predicted octanol–water partition coefficient (Wildman–Crippen LogP) is 4.33. The molecule has 1 aromatic carbocycles. The summed E-state index contributed by atoms with van der Waals surface area (Å²) in [7, 11) is 3.90. The number of pyridine rings is 1. The number of carbonyl (C=O) groups is 1. The molecule has 9 heteroatoms. The summed E-state index contributed by atoms with van der Waals surface area (Å²) in [5.41, 5.74) is 1.42. The Labute approximate surface area is 178 Å². The number of aromatic nitrogens is 2. The molecule has 7 nitrogen and oxygen atoms in total. The summed E-state index contributed by atoms with van der Waals surface area (Å²) in [6.07, 6.45) is 1.63. The Hall–Kier alpha value is -2.68. The van der Waals surface area contributed by atoms with Crippen LogP contribution < -0.4 is 15.4 Å². The Morgan fingerprint density at radius 1 is 1.28 bits per heavy atom. The van der Waals surface area contributed by atoms with Crippen molar-refractivity contribution in [1.82, 2.24) is 20.2 Å². The predicted molar refractivity (Wildman–Crippen MR) is 117 cm³/mol. The van der Waals surface area contributed by atoms with Gasteiger partial charge in [-0.05, 0) is 45.3 Å². The van der Waals surface area contributed by atoms with Crippen LogP contribution in [0.3, 0.4) is 0 Å². The Morgan fingerprint density at radius 3 is 2.83 bits per heavy atom. The summed E-state index contributed by atoms with van der Waals surface area (Å²) in [6.45, 7) is 3.24. The van der Waals surface area contributed by atoms with Crippen LogP contribution in [0.5, 0.6) is 11.5 Å². The highest BCUT2D eigenvalue weighted by Gasteiger charge is 2.11. The molecule has 0 bridgehead atoms. The maximum absolute atomic E-state index is 12.3. The second kappa shape index (κ2) is 9.69. The van der Waals surface area contributed by atoms with E-state index in [1.54, 1.807) is 36.5 Å². The number of benzene rings is 1. The molecule has 2 aromatic heterocycles. The maximum atomic E-state index is 12.3. The number of hydrogen-bond donors (Lipinski definition) is 2. The lowest BCUT2D eigenvalue weighted by atomic mass is 10.2. The van der Waals surface area contributed by atoms with Crippen LogP contribution in [-0.2, 0) is 0 Å². The molecular weight excluding hydrogens is 410 g/mol. The van der Waals surface area contributed by atoms with E-state index in [-0.39, 0.29) is 5.91 Å². The molecule has 0 unspecified atom stereocenters. The quantitative estimate of drug-likeness (QED) is 0.552. The molecule has 0 atom stereocenters. The number of nitrogens with one attached hydrogen (secondary N) is 2. The van der Waals surface area contributed by atoms with Crippen LogP contribution >= 0.6 is 22.9 Å². The van der Waals surface area contributed by atoms with Gasteiger partial charge < -0.3 is 20.3 Å². The highest BCUT2D eigenvalue weighted by Crippen LogP contribution is 2.31. The van der Waals surface area contributed by atoms with E-state index in [1.165, 1.54) is 11.3 Å². The van der Waals surface area contributed by atoms with Crippen molar-refractivity contribution in [1.29, 1.82) is 0 Å². The van der Waals surface area contributed by atoms with Gasteiger partial charge in [-0.3, -0.25) is 4.79 Å². The minimum atomic E-state index is -0.176. The second-order valence-electron chi connectivity index (χ2n) is 6.60. The van der Waals surface area contributed by atoms with Crippen LogP contribution in [-0.4, -0.2) is 48.0 Å². The van der Waals surface area contributed by atoms with E-state index in [1.807, 2.05) is 31.3 Å². The molecule has 2 N–H and O–H groups in total. The number of ether oxygens (including phenoxy) is 1. The standard InChI is InChI=1S/C20H22ClN5O2S/c1-13-12-29-20(24-13)25-18-11-15(6-7-22-18)28-17-10-14(4-5-16(17)21)19(27)23-8-9-26(2)3/h4-7,10-12H,8-9H2,1-3H3,(H,23,27)(H,22,24,25). The highest BCUT2D eigenvalue weighted by atomic mass is 35.5. The number of aryl methyl sites for hydroxylation is 1. The number of amides is 1. The second-order valence-corrected chi connectivity index (χ2v) is 7.87. The number of rotatable bonds is 8. The van der Waals surface area contributed by atoms with E-state index in [0.29, 0.717) is 34.4 Å². The topological polar surface area (TPSA) is 79.4 Å². The zero-order valence-corrected chi connectivity index (χ0v) is 18.0. The van der Waals surface area contributed by atoms with Crippen molar-refractivity contribution in [2.45, 2.75) is 6.92 Å². The van der Waals surface area contributed by atoms with Crippen molar-refractivity contribution >= 4 is 39.8 Å². The molecule has 1 amide bonds. The maximum Gasteiger partial charge on any atom is 0.251 e. The van der Waals surface area contributed by atoms with Gasteiger partial charge in [0.2, 0.25) is 0 Å². The third-order valence-corrected chi connectivity index (χ3v) is 5.04. The first-order valence-electron chi connectivity index (χ1n) is 8.96. The van der Waals surface area contributed by atoms with Crippen LogP contribution in [0.25, 0.3) is 0 Å². The Bertz CT molecular complexity index is 993. The average Bonchev–Trinajstić information content (AvgIpc) is 3.08. The van der Waals surface area contributed by atoms with Gasteiger partial charge in [-0.25, -0.2) is 9.97 Å². The zero-order valence-electron chi connectivity index (χ0n) is 16.4. The molecule has 3 rings (SSSR count). The van der Waals surface area contributed by atoms with Gasteiger partial charge in [-0.2, -0.15) is 0 Å². The lowest BCUT2D eigenvalue weighted by molar-refractivity contribution is 0.0950. The summed E-state index contributed by atoms with van der Waals surface area (Å²) < 4.78 is 5.91. The van der Waals surface area contributed by atoms with Crippen LogP contribution in [0.4, 0.5) is 10.9 Å². The number of likely N-dealkylation sites (N-methyl/N-ethyl adjacent to an activating group) is 1. The fourth-order valence-corrected chi connectivity index (χ4v) is 3.26. The van der Waals surface area contributed by atoms with Gasteiger partial charge in [-0.1, -0.05) is 11.6 Å².